The Morgan fingerprint density at radius 3 is 2.64 bits per heavy atom. The monoisotopic (exact) mass is 585 g/mol. The zero-order chi connectivity index (χ0) is 29.1. The van der Waals surface area contributed by atoms with Gasteiger partial charge in [0.25, 0.3) is 5.91 Å². The molecule has 1 aromatic heterocycles. The van der Waals surface area contributed by atoms with Crippen LogP contribution in [0.3, 0.4) is 0 Å². The van der Waals surface area contributed by atoms with Gasteiger partial charge < -0.3 is 25.2 Å². The fourth-order valence-electron chi connectivity index (χ4n) is 5.99. The summed E-state index contributed by atoms with van der Waals surface area (Å²) in [5.41, 5.74) is 2.92. The van der Waals surface area contributed by atoms with Gasteiger partial charge in [0.2, 0.25) is 0 Å². The average Bonchev–Trinajstić information content (AvgIpc) is 3.39. The fourth-order valence-corrected chi connectivity index (χ4v) is 7.41. The van der Waals surface area contributed by atoms with Crippen LogP contribution >= 0.6 is 11.3 Å². The van der Waals surface area contributed by atoms with Crippen LogP contribution in [0.25, 0.3) is 10.8 Å². The normalized spacial score (nSPS) is 18.8. The van der Waals surface area contributed by atoms with E-state index in [2.05, 4.69) is 15.5 Å². The summed E-state index contributed by atoms with van der Waals surface area (Å²) in [6, 6.07) is 21.4. The number of ether oxygens (including phenoxy) is 2. The van der Waals surface area contributed by atoms with Crippen LogP contribution in [-0.4, -0.2) is 54.9 Å². The summed E-state index contributed by atoms with van der Waals surface area (Å²) < 4.78 is 11.2. The highest BCUT2D eigenvalue weighted by Crippen LogP contribution is 2.43. The first kappa shape index (κ1) is 28.2. The Bertz CT molecular complexity index is 1570. The van der Waals surface area contributed by atoms with Crippen molar-refractivity contribution >= 4 is 39.0 Å². The van der Waals surface area contributed by atoms with Crippen LogP contribution in [0.5, 0.6) is 5.75 Å². The van der Waals surface area contributed by atoms with E-state index >= 15 is 0 Å². The molecule has 8 nitrogen and oxygen atoms in total. The maximum atomic E-state index is 13.5. The molecule has 2 unspecified atom stereocenters. The SMILES string of the molecule is COc1ccc(CN2CCc3c(sc(NC4CCCCO4)c3C(=O)O)C2CNC(=O)c2cccc3ccccc23)cc1. The lowest BCUT2D eigenvalue weighted by Gasteiger charge is -2.36. The Labute approximate surface area is 249 Å². The molecule has 1 fully saturated rings. The molecule has 3 aromatic carbocycles. The zero-order valence-corrected chi connectivity index (χ0v) is 24.4. The highest BCUT2D eigenvalue weighted by Gasteiger charge is 2.35. The van der Waals surface area contributed by atoms with Crippen molar-refractivity contribution in [3.8, 4) is 5.75 Å². The van der Waals surface area contributed by atoms with Crippen molar-refractivity contribution < 1.29 is 24.2 Å². The van der Waals surface area contributed by atoms with Gasteiger partial charge in [0.1, 0.15) is 17.0 Å². The van der Waals surface area contributed by atoms with Gasteiger partial charge in [0.15, 0.2) is 0 Å². The molecule has 42 heavy (non-hydrogen) atoms. The third kappa shape index (κ3) is 5.86. The zero-order valence-electron chi connectivity index (χ0n) is 23.6. The van der Waals surface area contributed by atoms with Gasteiger partial charge in [0, 0.05) is 36.7 Å². The Morgan fingerprint density at radius 2 is 1.88 bits per heavy atom. The number of carboxylic acid groups (broad SMARTS) is 1. The van der Waals surface area contributed by atoms with Gasteiger partial charge >= 0.3 is 5.97 Å². The largest absolute Gasteiger partial charge is 0.497 e. The van der Waals surface area contributed by atoms with Gasteiger partial charge in [0.05, 0.1) is 18.7 Å². The number of hydrogen-bond acceptors (Lipinski definition) is 7. The smallest absolute Gasteiger partial charge is 0.338 e. The summed E-state index contributed by atoms with van der Waals surface area (Å²) in [5, 5.41) is 19.4. The molecule has 2 aliphatic rings. The number of methoxy groups -OCH3 is 1. The first-order valence-electron chi connectivity index (χ1n) is 14.4. The molecule has 2 aliphatic heterocycles. The van der Waals surface area contributed by atoms with Crippen molar-refractivity contribution in [2.75, 3.05) is 32.1 Å². The lowest BCUT2D eigenvalue weighted by molar-refractivity contribution is 0.0344. The standard InChI is InChI=1S/C33H35N3O5S/c1-40-23-14-12-21(13-15-23)20-36-17-16-26-29(33(38)39)32(35-28-11-4-5-18-41-28)42-30(26)27(36)19-34-31(37)25-10-6-8-22-7-2-3-9-24(22)25/h2-3,6-10,12-15,27-28,35H,4-5,11,16-20H2,1H3,(H,34,37)(H,38,39). The third-order valence-electron chi connectivity index (χ3n) is 8.15. The number of nitrogens with one attached hydrogen (secondary N) is 2. The molecule has 4 aromatic rings. The molecule has 2 atom stereocenters. The summed E-state index contributed by atoms with van der Waals surface area (Å²) >= 11 is 1.48. The summed E-state index contributed by atoms with van der Waals surface area (Å²) in [6.07, 6.45) is 3.32. The van der Waals surface area contributed by atoms with Gasteiger partial charge in [-0.15, -0.1) is 11.3 Å². The molecule has 0 bridgehead atoms. The van der Waals surface area contributed by atoms with Crippen molar-refractivity contribution in [2.24, 2.45) is 0 Å². The van der Waals surface area contributed by atoms with Crippen LogP contribution < -0.4 is 15.4 Å². The lowest BCUT2D eigenvalue weighted by Crippen LogP contribution is -2.41. The van der Waals surface area contributed by atoms with E-state index < -0.39 is 5.97 Å². The van der Waals surface area contributed by atoms with Crippen molar-refractivity contribution in [2.45, 2.75) is 44.5 Å². The average molecular weight is 586 g/mol. The molecule has 0 saturated carbocycles. The van der Waals surface area contributed by atoms with E-state index in [1.807, 2.05) is 66.7 Å². The molecule has 3 heterocycles. The Balaban J connectivity index is 1.31. The molecule has 1 amide bonds. The number of amides is 1. The highest BCUT2D eigenvalue weighted by molar-refractivity contribution is 7.16. The summed E-state index contributed by atoms with van der Waals surface area (Å²) in [6.45, 7) is 2.35. The minimum atomic E-state index is -0.937. The fraction of sp³-hybridized carbons (Fsp3) is 0.333. The second kappa shape index (κ2) is 12.5. The predicted octanol–water partition coefficient (Wildman–Crippen LogP) is 6.08. The van der Waals surface area contributed by atoms with Crippen LogP contribution in [-0.2, 0) is 17.7 Å². The molecule has 0 aliphatic carbocycles. The van der Waals surface area contributed by atoms with E-state index in [9.17, 15) is 14.7 Å². The maximum Gasteiger partial charge on any atom is 0.338 e. The number of carboxylic acids is 1. The molecule has 0 radical (unpaired) electrons. The van der Waals surface area contributed by atoms with Gasteiger partial charge in [-0.1, -0.05) is 48.5 Å². The first-order chi connectivity index (χ1) is 20.5. The highest BCUT2D eigenvalue weighted by atomic mass is 32.1. The van der Waals surface area contributed by atoms with E-state index in [1.165, 1.54) is 11.3 Å². The van der Waals surface area contributed by atoms with Crippen LogP contribution in [0.1, 0.15) is 62.0 Å². The minimum Gasteiger partial charge on any atom is -0.497 e. The Hall–Kier alpha value is -3.92. The van der Waals surface area contributed by atoms with Gasteiger partial charge in [-0.3, -0.25) is 9.69 Å². The Morgan fingerprint density at radius 1 is 1.07 bits per heavy atom. The number of carbonyl (C=O) groups excluding carboxylic acids is 1. The molecular weight excluding hydrogens is 550 g/mol. The van der Waals surface area contributed by atoms with E-state index in [0.29, 0.717) is 48.8 Å². The number of fused-ring (bicyclic) bond motifs is 2. The van der Waals surface area contributed by atoms with E-state index in [1.54, 1.807) is 7.11 Å². The quantitative estimate of drug-likeness (QED) is 0.219. The number of aromatic carboxylic acids is 1. The van der Waals surface area contributed by atoms with E-state index in [4.69, 9.17) is 9.47 Å². The van der Waals surface area contributed by atoms with Crippen molar-refractivity contribution in [1.82, 2.24) is 10.2 Å². The number of rotatable bonds is 9. The number of hydrogen-bond donors (Lipinski definition) is 3. The number of thiophene rings is 1. The number of nitrogens with zero attached hydrogens (tertiary/aromatic N) is 1. The summed E-state index contributed by atoms with van der Waals surface area (Å²) in [5.74, 6) is -0.288. The molecule has 1 saturated heterocycles. The third-order valence-corrected chi connectivity index (χ3v) is 9.42. The predicted molar refractivity (Wildman–Crippen MR) is 165 cm³/mol. The van der Waals surface area contributed by atoms with E-state index in [0.717, 1.165) is 51.8 Å². The molecule has 9 heteroatoms. The van der Waals surface area contributed by atoms with E-state index in [-0.39, 0.29) is 18.2 Å². The van der Waals surface area contributed by atoms with Crippen LogP contribution in [0.15, 0.2) is 66.7 Å². The van der Waals surface area contributed by atoms with Crippen LogP contribution in [0.2, 0.25) is 0 Å². The van der Waals surface area contributed by atoms with Crippen molar-refractivity contribution in [1.29, 1.82) is 0 Å². The molecule has 6 rings (SSSR count). The van der Waals surface area contributed by atoms with Gasteiger partial charge in [-0.05, 0) is 65.8 Å². The minimum absolute atomic E-state index is 0.146. The summed E-state index contributed by atoms with van der Waals surface area (Å²) in [4.78, 5) is 29.4. The van der Waals surface area contributed by atoms with Crippen LogP contribution in [0.4, 0.5) is 5.00 Å². The number of carbonyl (C=O) groups is 2. The second-order valence-corrected chi connectivity index (χ2v) is 11.8. The number of anilines is 1. The van der Waals surface area contributed by atoms with Crippen molar-refractivity contribution in [3.63, 3.8) is 0 Å². The second-order valence-electron chi connectivity index (χ2n) is 10.8. The maximum absolute atomic E-state index is 13.5. The summed E-state index contributed by atoms with van der Waals surface area (Å²) in [7, 11) is 1.65. The molecule has 218 valence electrons. The van der Waals surface area contributed by atoms with Crippen molar-refractivity contribution in [3.05, 3.63) is 93.9 Å². The van der Waals surface area contributed by atoms with Gasteiger partial charge in [-0.25, -0.2) is 4.79 Å². The topological polar surface area (TPSA) is 100 Å². The molecule has 3 N–H and O–H groups in total. The lowest BCUT2D eigenvalue weighted by atomic mass is 9.96. The van der Waals surface area contributed by atoms with Gasteiger partial charge in [-0.2, -0.15) is 0 Å². The first-order valence-corrected chi connectivity index (χ1v) is 15.2. The molecule has 0 spiro atoms. The number of benzene rings is 3. The molecular formula is C33H35N3O5S. The Kier molecular flexibility index (Phi) is 8.41. The van der Waals surface area contributed by atoms with Crippen LogP contribution in [0, 0.1) is 0 Å².